The van der Waals surface area contributed by atoms with Gasteiger partial charge < -0.3 is 14.5 Å². The third kappa shape index (κ3) is 4.41. The van der Waals surface area contributed by atoms with Gasteiger partial charge in [0.25, 0.3) is 0 Å². The lowest BCUT2D eigenvalue weighted by Crippen LogP contribution is -2.52. The minimum Gasteiger partial charge on any atom is -0.384 e. The van der Waals surface area contributed by atoms with Crippen LogP contribution in [0.5, 0.6) is 0 Å². The predicted octanol–water partition coefficient (Wildman–Crippen LogP) is -0.551. The number of amides is 1. The Bertz CT molecular complexity index is 474. The average Bonchev–Trinajstić information content (AvgIpc) is 2.53. The van der Waals surface area contributed by atoms with Gasteiger partial charge in [-0.15, -0.1) is 0 Å². The Morgan fingerprint density at radius 1 is 1.18 bits per heavy atom. The zero-order chi connectivity index (χ0) is 16.2. The van der Waals surface area contributed by atoms with Gasteiger partial charge in [-0.3, -0.25) is 4.79 Å². The molecule has 0 aromatic rings. The summed E-state index contributed by atoms with van der Waals surface area (Å²) in [7, 11) is 0.218. The highest BCUT2D eigenvalue weighted by Crippen LogP contribution is 2.22. The van der Waals surface area contributed by atoms with Crippen LogP contribution in [-0.2, 0) is 19.6 Å². The smallest absolute Gasteiger partial charge is 0.227 e. The van der Waals surface area contributed by atoms with Crippen LogP contribution in [0.1, 0.15) is 12.8 Å². The van der Waals surface area contributed by atoms with Crippen molar-refractivity contribution in [3.05, 3.63) is 0 Å². The number of carbonyl (C=O) groups is 1. The predicted molar refractivity (Wildman–Crippen MR) is 84.0 cm³/mol. The summed E-state index contributed by atoms with van der Waals surface area (Å²) in [4.78, 5) is 16.7. The highest BCUT2D eigenvalue weighted by atomic mass is 32.2. The molecule has 0 aromatic heterocycles. The number of ether oxygens (including phenoxy) is 1. The van der Waals surface area contributed by atoms with Crippen LogP contribution in [0.3, 0.4) is 0 Å². The summed E-state index contributed by atoms with van der Waals surface area (Å²) < 4.78 is 30.8. The number of piperidine rings is 1. The second kappa shape index (κ2) is 7.72. The van der Waals surface area contributed by atoms with Crippen molar-refractivity contribution in [2.24, 2.45) is 5.92 Å². The van der Waals surface area contributed by atoms with Crippen molar-refractivity contribution >= 4 is 15.9 Å². The van der Waals surface area contributed by atoms with E-state index in [9.17, 15) is 13.2 Å². The number of methoxy groups -OCH3 is 1. The molecule has 0 bridgehead atoms. The van der Waals surface area contributed by atoms with Crippen LogP contribution in [0.25, 0.3) is 0 Å². The molecule has 2 rings (SSSR count). The van der Waals surface area contributed by atoms with Crippen LogP contribution in [0.15, 0.2) is 0 Å². The third-order valence-corrected chi connectivity index (χ3v) is 6.29. The molecule has 7 nitrogen and oxygen atoms in total. The Morgan fingerprint density at radius 3 is 2.50 bits per heavy atom. The average molecular weight is 333 g/mol. The number of likely N-dealkylation sites (N-methyl/N-ethyl adjacent to an activating group) is 1. The zero-order valence-electron chi connectivity index (χ0n) is 13.5. The van der Waals surface area contributed by atoms with E-state index in [0.29, 0.717) is 13.1 Å². The van der Waals surface area contributed by atoms with E-state index < -0.39 is 10.0 Å². The van der Waals surface area contributed by atoms with Gasteiger partial charge in [-0.05, 0) is 19.9 Å². The van der Waals surface area contributed by atoms with E-state index in [1.165, 1.54) is 11.4 Å². The largest absolute Gasteiger partial charge is 0.384 e. The molecule has 2 saturated heterocycles. The molecule has 2 heterocycles. The summed E-state index contributed by atoms with van der Waals surface area (Å²) in [5.74, 6) is -0.104. The fourth-order valence-electron chi connectivity index (χ4n) is 3.00. The molecule has 22 heavy (non-hydrogen) atoms. The van der Waals surface area contributed by atoms with Gasteiger partial charge in [0.05, 0.1) is 18.3 Å². The first kappa shape index (κ1) is 17.7. The molecule has 0 radical (unpaired) electrons. The van der Waals surface area contributed by atoms with Crippen molar-refractivity contribution in [1.82, 2.24) is 14.1 Å². The van der Waals surface area contributed by atoms with Crippen molar-refractivity contribution in [2.75, 3.05) is 65.8 Å². The van der Waals surface area contributed by atoms with Crippen LogP contribution >= 0.6 is 0 Å². The number of piperazine rings is 1. The summed E-state index contributed by atoms with van der Waals surface area (Å²) >= 11 is 0. The van der Waals surface area contributed by atoms with E-state index in [-0.39, 0.29) is 24.2 Å². The first-order valence-electron chi connectivity index (χ1n) is 7.88. The van der Waals surface area contributed by atoms with Gasteiger partial charge in [-0.1, -0.05) is 0 Å². The van der Waals surface area contributed by atoms with Gasteiger partial charge in [-0.2, -0.15) is 0 Å². The number of hydrogen-bond acceptors (Lipinski definition) is 5. The van der Waals surface area contributed by atoms with Gasteiger partial charge >= 0.3 is 0 Å². The van der Waals surface area contributed by atoms with E-state index in [4.69, 9.17) is 4.74 Å². The molecule has 2 aliphatic rings. The zero-order valence-corrected chi connectivity index (χ0v) is 14.3. The summed E-state index contributed by atoms with van der Waals surface area (Å²) in [6.45, 7) is 4.26. The maximum absolute atomic E-state index is 12.6. The summed E-state index contributed by atoms with van der Waals surface area (Å²) in [5, 5.41) is 0. The summed E-state index contributed by atoms with van der Waals surface area (Å²) in [6.07, 6.45) is 1.53. The van der Waals surface area contributed by atoms with Crippen molar-refractivity contribution in [3.63, 3.8) is 0 Å². The number of hydrogen-bond donors (Lipinski definition) is 0. The molecule has 2 fully saturated rings. The Balaban J connectivity index is 1.94. The van der Waals surface area contributed by atoms with Gasteiger partial charge in [0.1, 0.15) is 0 Å². The Hall–Kier alpha value is -0.700. The number of carbonyl (C=O) groups excluding carboxylic acids is 1. The Kier molecular flexibility index (Phi) is 6.19. The fraction of sp³-hybridized carbons (Fsp3) is 0.929. The lowest BCUT2D eigenvalue weighted by molar-refractivity contribution is -0.138. The number of rotatable bonds is 5. The van der Waals surface area contributed by atoms with Crippen LogP contribution in [0.4, 0.5) is 0 Å². The number of sulfonamides is 1. The third-order valence-electron chi connectivity index (χ3n) is 4.49. The van der Waals surface area contributed by atoms with Gasteiger partial charge in [0.2, 0.25) is 15.9 Å². The molecule has 0 aliphatic carbocycles. The molecule has 8 heteroatoms. The van der Waals surface area contributed by atoms with E-state index in [0.717, 1.165) is 39.0 Å². The molecule has 1 atom stereocenters. The second-order valence-corrected chi connectivity index (χ2v) is 8.22. The first-order chi connectivity index (χ1) is 10.4. The minimum absolute atomic E-state index is 0.0150. The molecule has 128 valence electrons. The number of nitrogens with zero attached hydrogens (tertiary/aromatic N) is 3. The molecule has 1 unspecified atom stereocenters. The molecule has 1 amide bonds. The van der Waals surface area contributed by atoms with E-state index in [1.54, 1.807) is 0 Å². The van der Waals surface area contributed by atoms with Crippen LogP contribution in [0.2, 0.25) is 0 Å². The monoisotopic (exact) mass is 333 g/mol. The molecule has 0 N–H and O–H groups in total. The second-order valence-electron chi connectivity index (χ2n) is 6.13. The topological polar surface area (TPSA) is 70.2 Å². The van der Waals surface area contributed by atoms with Crippen LogP contribution in [-0.4, -0.2) is 94.2 Å². The molecule has 0 saturated carbocycles. The minimum atomic E-state index is -3.32. The standard InChI is InChI=1S/C14H27N3O4S/c1-15-6-8-16(9-7-15)14(18)13-4-3-5-17(12-13)22(19,20)11-10-21-2/h13H,3-12H2,1-2H3. The van der Waals surface area contributed by atoms with Crippen molar-refractivity contribution in [2.45, 2.75) is 12.8 Å². The lowest BCUT2D eigenvalue weighted by Gasteiger charge is -2.37. The molecule has 0 aromatic carbocycles. The lowest BCUT2D eigenvalue weighted by atomic mass is 9.98. The summed E-state index contributed by atoms with van der Waals surface area (Å²) in [6, 6.07) is 0. The fourth-order valence-corrected chi connectivity index (χ4v) is 4.45. The molecule has 2 aliphatic heterocycles. The Morgan fingerprint density at radius 2 is 1.86 bits per heavy atom. The first-order valence-corrected chi connectivity index (χ1v) is 9.49. The molecule has 0 spiro atoms. The van der Waals surface area contributed by atoms with E-state index in [2.05, 4.69) is 4.90 Å². The van der Waals surface area contributed by atoms with Gasteiger partial charge in [-0.25, -0.2) is 12.7 Å². The highest BCUT2D eigenvalue weighted by Gasteiger charge is 2.34. The maximum Gasteiger partial charge on any atom is 0.227 e. The maximum atomic E-state index is 12.6. The van der Waals surface area contributed by atoms with E-state index >= 15 is 0 Å². The highest BCUT2D eigenvalue weighted by molar-refractivity contribution is 7.89. The van der Waals surface area contributed by atoms with Crippen LogP contribution in [0, 0.1) is 5.92 Å². The Labute approximate surface area is 133 Å². The van der Waals surface area contributed by atoms with Crippen molar-refractivity contribution < 1.29 is 17.9 Å². The summed E-state index contributed by atoms with van der Waals surface area (Å²) in [5.41, 5.74) is 0. The van der Waals surface area contributed by atoms with E-state index in [1.807, 2.05) is 11.9 Å². The molecular weight excluding hydrogens is 306 g/mol. The van der Waals surface area contributed by atoms with Gasteiger partial charge in [0.15, 0.2) is 0 Å². The quantitative estimate of drug-likeness (QED) is 0.675. The van der Waals surface area contributed by atoms with Crippen LogP contribution < -0.4 is 0 Å². The van der Waals surface area contributed by atoms with Gasteiger partial charge in [0, 0.05) is 46.4 Å². The normalized spacial score (nSPS) is 25.4. The van der Waals surface area contributed by atoms with Crippen molar-refractivity contribution in [3.8, 4) is 0 Å². The SMILES string of the molecule is COCCS(=O)(=O)N1CCCC(C(=O)N2CCN(C)CC2)C1. The van der Waals surface area contributed by atoms with Crippen molar-refractivity contribution in [1.29, 1.82) is 0 Å². The molecular formula is C14H27N3O4S.